The lowest BCUT2D eigenvalue weighted by Crippen LogP contribution is -3.15. The molecule has 1 aromatic carbocycles. The highest BCUT2D eigenvalue weighted by molar-refractivity contribution is 6.30. The first-order valence-corrected chi connectivity index (χ1v) is 8.01. The van der Waals surface area contributed by atoms with Crippen molar-refractivity contribution in [1.82, 2.24) is 5.32 Å². The van der Waals surface area contributed by atoms with E-state index in [1.807, 2.05) is 31.2 Å². The number of nitrogens with two attached hydrogens (primary N) is 1. The quantitative estimate of drug-likeness (QED) is 0.728. The second-order valence-electron chi connectivity index (χ2n) is 5.96. The number of amides is 2. The predicted octanol–water partition coefficient (Wildman–Crippen LogP) is 0.297. The van der Waals surface area contributed by atoms with E-state index in [1.54, 1.807) is 0 Å². The van der Waals surface area contributed by atoms with E-state index in [-0.39, 0.29) is 23.8 Å². The number of piperidine rings is 1. The molecule has 0 spiro atoms. The van der Waals surface area contributed by atoms with Crippen molar-refractivity contribution in [2.45, 2.75) is 25.8 Å². The molecule has 0 bridgehead atoms. The van der Waals surface area contributed by atoms with Crippen LogP contribution in [0.4, 0.5) is 0 Å². The zero-order valence-corrected chi connectivity index (χ0v) is 13.5. The highest BCUT2D eigenvalue weighted by Gasteiger charge is 2.28. The predicted molar refractivity (Wildman–Crippen MR) is 85.5 cm³/mol. The Morgan fingerprint density at radius 1 is 1.41 bits per heavy atom. The van der Waals surface area contributed by atoms with Crippen molar-refractivity contribution in [3.63, 3.8) is 0 Å². The summed E-state index contributed by atoms with van der Waals surface area (Å²) in [5, 5.41) is 3.67. The summed E-state index contributed by atoms with van der Waals surface area (Å²) in [5.41, 5.74) is 6.38. The average molecular weight is 325 g/mol. The van der Waals surface area contributed by atoms with Crippen LogP contribution in [-0.2, 0) is 9.59 Å². The Hall–Kier alpha value is -1.59. The van der Waals surface area contributed by atoms with Crippen LogP contribution in [-0.4, -0.2) is 31.4 Å². The van der Waals surface area contributed by atoms with Crippen molar-refractivity contribution in [3.05, 3.63) is 34.9 Å². The van der Waals surface area contributed by atoms with Crippen molar-refractivity contribution < 1.29 is 14.5 Å². The van der Waals surface area contributed by atoms with Crippen LogP contribution < -0.4 is 16.0 Å². The molecule has 2 rings (SSSR count). The standard InChI is InChI=1S/C16H22ClN3O2/c1-11(12-4-6-14(17)7-5-12)19-15(21)10-20-8-2-3-13(9-20)16(18)22/h4-7,11,13H,2-3,8-10H2,1H3,(H2,18,22)(H,19,21)/p+1/t11-,13+/m1/s1. The van der Waals surface area contributed by atoms with Gasteiger partial charge < -0.3 is 16.0 Å². The number of nitrogens with one attached hydrogen (secondary N) is 2. The fraction of sp³-hybridized carbons (Fsp3) is 0.500. The number of rotatable bonds is 5. The van der Waals surface area contributed by atoms with Crippen LogP contribution in [0.25, 0.3) is 0 Å². The van der Waals surface area contributed by atoms with E-state index in [0.29, 0.717) is 18.1 Å². The molecule has 1 saturated heterocycles. The molecular weight excluding hydrogens is 302 g/mol. The van der Waals surface area contributed by atoms with Crippen molar-refractivity contribution in [2.24, 2.45) is 11.7 Å². The van der Waals surface area contributed by atoms with Gasteiger partial charge in [-0.15, -0.1) is 0 Å². The van der Waals surface area contributed by atoms with Gasteiger partial charge in [-0.25, -0.2) is 0 Å². The third kappa shape index (κ3) is 4.71. The first-order chi connectivity index (χ1) is 10.5. The van der Waals surface area contributed by atoms with Crippen LogP contribution in [0.3, 0.4) is 0 Å². The first kappa shape index (κ1) is 16.8. The molecule has 4 N–H and O–H groups in total. The van der Waals surface area contributed by atoms with E-state index in [4.69, 9.17) is 17.3 Å². The van der Waals surface area contributed by atoms with Gasteiger partial charge in [0.2, 0.25) is 5.91 Å². The maximum Gasteiger partial charge on any atom is 0.275 e. The molecule has 0 aromatic heterocycles. The summed E-state index contributed by atoms with van der Waals surface area (Å²) in [6.07, 6.45) is 1.77. The molecule has 1 fully saturated rings. The van der Waals surface area contributed by atoms with Crippen LogP contribution in [0.15, 0.2) is 24.3 Å². The lowest BCUT2D eigenvalue weighted by molar-refractivity contribution is -0.899. The molecule has 120 valence electrons. The topological polar surface area (TPSA) is 76.6 Å². The number of halogens is 1. The summed E-state index contributed by atoms with van der Waals surface area (Å²) >= 11 is 5.86. The number of hydrogen-bond acceptors (Lipinski definition) is 2. The molecule has 1 unspecified atom stereocenters. The van der Waals surface area contributed by atoms with Crippen LogP contribution in [0.1, 0.15) is 31.4 Å². The summed E-state index contributed by atoms with van der Waals surface area (Å²) in [6.45, 7) is 3.88. The van der Waals surface area contributed by atoms with Gasteiger partial charge >= 0.3 is 0 Å². The third-order valence-electron chi connectivity index (χ3n) is 4.18. The monoisotopic (exact) mass is 324 g/mol. The highest BCUT2D eigenvalue weighted by Crippen LogP contribution is 2.15. The van der Waals surface area contributed by atoms with Gasteiger partial charge in [-0.05, 0) is 37.5 Å². The zero-order chi connectivity index (χ0) is 16.1. The van der Waals surface area contributed by atoms with E-state index < -0.39 is 0 Å². The van der Waals surface area contributed by atoms with Gasteiger partial charge in [0.15, 0.2) is 6.54 Å². The molecule has 5 nitrogen and oxygen atoms in total. The van der Waals surface area contributed by atoms with E-state index >= 15 is 0 Å². The number of hydrogen-bond donors (Lipinski definition) is 3. The molecule has 0 saturated carbocycles. The minimum atomic E-state index is -0.257. The third-order valence-corrected chi connectivity index (χ3v) is 4.43. The number of likely N-dealkylation sites (tertiary alicyclic amines) is 1. The van der Waals surface area contributed by atoms with Crippen LogP contribution >= 0.6 is 11.6 Å². The Labute approximate surface area is 135 Å². The van der Waals surface area contributed by atoms with Gasteiger partial charge in [-0.2, -0.15) is 0 Å². The first-order valence-electron chi connectivity index (χ1n) is 7.63. The molecule has 1 aromatic rings. The largest absolute Gasteiger partial charge is 0.369 e. The summed E-state index contributed by atoms with van der Waals surface area (Å²) in [6, 6.07) is 7.37. The molecule has 1 heterocycles. The minimum absolute atomic E-state index is 0.0115. The van der Waals surface area contributed by atoms with E-state index in [1.165, 1.54) is 0 Å². The number of carbonyl (C=O) groups is 2. The van der Waals surface area contributed by atoms with Crippen LogP contribution in [0.2, 0.25) is 5.02 Å². The van der Waals surface area contributed by atoms with Crippen molar-refractivity contribution in [2.75, 3.05) is 19.6 Å². The molecule has 1 aliphatic heterocycles. The van der Waals surface area contributed by atoms with E-state index in [2.05, 4.69) is 5.32 Å². The number of quaternary nitrogens is 1. The van der Waals surface area contributed by atoms with Crippen LogP contribution in [0, 0.1) is 5.92 Å². The molecule has 0 radical (unpaired) electrons. The van der Waals surface area contributed by atoms with Crippen molar-refractivity contribution >= 4 is 23.4 Å². The Morgan fingerprint density at radius 3 is 2.73 bits per heavy atom. The minimum Gasteiger partial charge on any atom is -0.369 e. The summed E-state index contributed by atoms with van der Waals surface area (Å²) < 4.78 is 0. The highest BCUT2D eigenvalue weighted by atomic mass is 35.5. The number of benzene rings is 1. The molecule has 2 amide bonds. The zero-order valence-electron chi connectivity index (χ0n) is 12.8. The maximum atomic E-state index is 12.2. The number of primary amides is 1. The fourth-order valence-corrected chi connectivity index (χ4v) is 3.03. The Balaban J connectivity index is 1.84. The van der Waals surface area contributed by atoms with Crippen LogP contribution in [0.5, 0.6) is 0 Å². The Bertz CT molecular complexity index is 533. The molecule has 22 heavy (non-hydrogen) atoms. The van der Waals surface area contributed by atoms with Crippen molar-refractivity contribution in [1.29, 1.82) is 0 Å². The second kappa shape index (κ2) is 7.61. The smallest absolute Gasteiger partial charge is 0.275 e. The second-order valence-corrected chi connectivity index (χ2v) is 6.40. The van der Waals surface area contributed by atoms with E-state index in [0.717, 1.165) is 29.8 Å². The summed E-state index contributed by atoms with van der Waals surface area (Å²) in [7, 11) is 0. The van der Waals surface area contributed by atoms with Crippen molar-refractivity contribution in [3.8, 4) is 0 Å². The molecule has 3 atom stereocenters. The van der Waals surface area contributed by atoms with Gasteiger partial charge in [0.05, 0.1) is 25.0 Å². The lowest BCUT2D eigenvalue weighted by atomic mass is 9.97. The summed E-state index contributed by atoms with van der Waals surface area (Å²) in [5.74, 6) is -0.375. The Kier molecular flexibility index (Phi) is 5.80. The normalized spacial score (nSPS) is 22.8. The Morgan fingerprint density at radius 2 is 2.09 bits per heavy atom. The van der Waals surface area contributed by atoms with E-state index in [9.17, 15) is 9.59 Å². The molecule has 1 aliphatic rings. The SMILES string of the molecule is C[C@@H](NC(=O)C[NH+]1CCC[C@H](C(N)=O)C1)c1ccc(Cl)cc1. The van der Waals surface area contributed by atoms with Gasteiger partial charge in [0.1, 0.15) is 0 Å². The van der Waals surface area contributed by atoms with Gasteiger partial charge in [0.25, 0.3) is 5.91 Å². The van der Waals surface area contributed by atoms with Gasteiger partial charge in [-0.3, -0.25) is 9.59 Å². The fourth-order valence-electron chi connectivity index (χ4n) is 2.91. The number of carbonyl (C=O) groups excluding carboxylic acids is 2. The lowest BCUT2D eigenvalue weighted by Gasteiger charge is -2.28. The van der Waals surface area contributed by atoms with Gasteiger partial charge in [0, 0.05) is 5.02 Å². The average Bonchev–Trinajstić information content (AvgIpc) is 2.47. The molecule has 6 heteroatoms. The summed E-state index contributed by atoms with van der Waals surface area (Å²) in [4.78, 5) is 24.6. The maximum absolute atomic E-state index is 12.2. The molecular formula is C16H23ClN3O2+. The van der Waals surface area contributed by atoms with Gasteiger partial charge in [-0.1, -0.05) is 23.7 Å². The molecule has 0 aliphatic carbocycles.